The summed E-state index contributed by atoms with van der Waals surface area (Å²) >= 11 is 0. The van der Waals surface area contributed by atoms with Crippen LogP contribution in [0.25, 0.3) is 0 Å². The van der Waals surface area contributed by atoms with Gasteiger partial charge in [0, 0.05) is 13.5 Å². The number of esters is 1. The Balaban J connectivity index is 1.92. The lowest BCUT2D eigenvalue weighted by atomic mass is 10.0. The molecular weight excluding hydrogens is 374 g/mol. The van der Waals surface area contributed by atoms with E-state index in [1.54, 1.807) is 24.1 Å². The van der Waals surface area contributed by atoms with E-state index in [4.69, 9.17) is 4.74 Å². The molecule has 0 saturated carbocycles. The van der Waals surface area contributed by atoms with Gasteiger partial charge in [0.2, 0.25) is 5.91 Å². The van der Waals surface area contributed by atoms with E-state index in [1.807, 2.05) is 18.2 Å². The molecule has 1 aromatic carbocycles. The first-order chi connectivity index (χ1) is 14.6. The third kappa shape index (κ3) is 13.4. The highest BCUT2D eigenvalue weighted by molar-refractivity contribution is 5.89. The second-order valence-electron chi connectivity index (χ2n) is 8.31. The van der Waals surface area contributed by atoms with Gasteiger partial charge >= 0.3 is 5.97 Å². The molecule has 4 nitrogen and oxygen atoms in total. The molecule has 0 radical (unpaired) electrons. The number of carbonyl (C=O) groups excluding carboxylic acids is 2. The fraction of sp³-hybridized carbons (Fsp3) is 0.692. The Kier molecular flexibility index (Phi) is 15.7. The highest BCUT2D eigenvalue weighted by Crippen LogP contribution is 2.13. The molecule has 0 atom stereocenters. The molecular formula is C26H43NO3. The van der Waals surface area contributed by atoms with E-state index in [9.17, 15) is 9.59 Å². The second kappa shape index (κ2) is 18.0. The molecule has 0 saturated heterocycles. The molecule has 1 aromatic rings. The third-order valence-corrected chi connectivity index (χ3v) is 5.59. The van der Waals surface area contributed by atoms with E-state index >= 15 is 0 Å². The van der Waals surface area contributed by atoms with Crippen molar-refractivity contribution >= 4 is 11.9 Å². The Labute approximate surface area is 184 Å². The van der Waals surface area contributed by atoms with E-state index in [0.29, 0.717) is 18.5 Å². The molecule has 0 aliphatic heterocycles. The lowest BCUT2D eigenvalue weighted by molar-refractivity contribution is -0.130. The summed E-state index contributed by atoms with van der Waals surface area (Å²) in [4.78, 5) is 25.7. The largest absolute Gasteiger partial charge is 0.460 e. The fourth-order valence-corrected chi connectivity index (χ4v) is 3.54. The number of rotatable bonds is 18. The Morgan fingerprint density at radius 2 is 1.27 bits per heavy atom. The molecule has 4 heteroatoms. The first kappa shape index (κ1) is 26.2. The van der Waals surface area contributed by atoms with Crippen molar-refractivity contribution in [1.82, 2.24) is 4.90 Å². The molecule has 0 spiro atoms. The van der Waals surface area contributed by atoms with Gasteiger partial charge in [-0.15, -0.1) is 0 Å². The number of hydrogen-bond donors (Lipinski definition) is 0. The molecule has 0 aliphatic carbocycles. The number of amides is 1. The minimum atomic E-state index is -0.340. The summed E-state index contributed by atoms with van der Waals surface area (Å²) in [6.45, 7) is 2.94. The van der Waals surface area contributed by atoms with E-state index in [0.717, 1.165) is 12.8 Å². The average molecular weight is 418 g/mol. The van der Waals surface area contributed by atoms with Crippen molar-refractivity contribution in [3.05, 3.63) is 35.9 Å². The molecule has 0 unspecified atom stereocenters. The van der Waals surface area contributed by atoms with Crippen LogP contribution >= 0.6 is 0 Å². The molecule has 170 valence electrons. The number of unbranched alkanes of at least 4 members (excludes halogenated alkanes) is 12. The average Bonchev–Trinajstić information content (AvgIpc) is 2.77. The van der Waals surface area contributed by atoms with Gasteiger partial charge in [0.05, 0.1) is 12.1 Å². The predicted octanol–water partition coefficient (Wildman–Crippen LogP) is 6.78. The summed E-state index contributed by atoms with van der Waals surface area (Å²) in [6, 6.07) is 8.93. The fourth-order valence-electron chi connectivity index (χ4n) is 3.54. The number of ether oxygens (including phenoxy) is 1. The van der Waals surface area contributed by atoms with Gasteiger partial charge < -0.3 is 9.64 Å². The Morgan fingerprint density at radius 3 is 1.80 bits per heavy atom. The lowest BCUT2D eigenvalue weighted by Crippen LogP contribution is -2.30. The first-order valence-corrected chi connectivity index (χ1v) is 12.1. The molecule has 0 bridgehead atoms. The summed E-state index contributed by atoms with van der Waals surface area (Å²) in [5.41, 5.74) is 0.540. The number of likely N-dealkylation sites (N-methyl/N-ethyl adjacent to an activating group) is 1. The van der Waals surface area contributed by atoms with Crippen LogP contribution in [0.15, 0.2) is 30.3 Å². The number of hydrogen-bond acceptors (Lipinski definition) is 3. The van der Waals surface area contributed by atoms with E-state index in [-0.39, 0.29) is 18.5 Å². The minimum Gasteiger partial charge on any atom is -0.460 e. The zero-order valence-corrected chi connectivity index (χ0v) is 19.4. The van der Waals surface area contributed by atoms with Gasteiger partial charge in [-0.3, -0.25) is 4.79 Å². The summed E-state index contributed by atoms with van der Waals surface area (Å²) in [6.07, 6.45) is 17.6. The predicted molar refractivity (Wildman–Crippen MR) is 125 cm³/mol. The van der Waals surface area contributed by atoms with Gasteiger partial charge in [-0.1, -0.05) is 102 Å². The molecule has 1 amide bonds. The van der Waals surface area contributed by atoms with Gasteiger partial charge in [0.25, 0.3) is 0 Å². The summed E-state index contributed by atoms with van der Waals surface area (Å²) < 4.78 is 5.24. The molecule has 0 fully saturated rings. The topological polar surface area (TPSA) is 46.6 Å². The molecule has 1 rings (SSSR count). The second-order valence-corrected chi connectivity index (χ2v) is 8.31. The van der Waals surface area contributed by atoms with E-state index in [2.05, 4.69) is 6.92 Å². The van der Waals surface area contributed by atoms with E-state index in [1.165, 1.54) is 70.6 Å². The zero-order chi connectivity index (χ0) is 21.9. The summed E-state index contributed by atoms with van der Waals surface area (Å²) in [7, 11) is 1.78. The number of benzene rings is 1. The van der Waals surface area contributed by atoms with Crippen LogP contribution in [-0.4, -0.2) is 37.0 Å². The number of carbonyl (C=O) groups is 2. The van der Waals surface area contributed by atoms with E-state index < -0.39 is 0 Å². The van der Waals surface area contributed by atoms with Crippen LogP contribution in [0.5, 0.6) is 0 Å². The van der Waals surface area contributed by atoms with Crippen molar-refractivity contribution in [2.24, 2.45) is 0 Å². The van der Waals surface area contributed by atoms with Crippen LogP contribution in [0, 0.1) is 0 Å². The van der Waals surface area contributed by atoms with Crippen LogP contribution in [0.3, 0.4) is 0 Å². The van der Waals surface area contributed by atoms with Crippen LogP contribution in [-0.2, 0) is 9.53 Å². The molecule has 0 heterocycles. The Hall–Kier alpha value is -1.84. The monoisotopic (exact) mass is 417 g/mol. The van der Waals surface area contributed by atoms with Gasteiger partial charge in [-0.25, -0.2) is 4.79 Å². The van der Waals surface area contributed by atoms with Crippen molar-refractivity contribution in [1.29, 1.82) is 0 Å². The standard InChI is InChI=1S/C26H43NO3/c1-3-4-5-6-7-8-9-10-11-12-13-14-18-21-25(28)27(2)22-23-30-26(29)24-19-16-15-17-20-24/h15-17,19-20H,3-14,18,21-23H2,1-2H3. The molecule has 0 N–H and O–H groups in total. The molecule has 30 heavy (non-hydrogen) atoms. The lowest BCUT2D eigenvalue weighted by Gasteiger charge is -2.17. The van der Waals surface area contributed by atoms with Gasteiger partial charge in [-0.05, 0) is 18.6 Å². The van der Waals surface area contributed by atoms with Crippen molar-refractivity contribution in [3.8, 4) is 0 Å². The first-order valence-electron chi connectivity index (χ1n) is 12.1. The van der Waals surface area contributed by atoms with Gasteiger partial charge in [0.15, 0.2) is 0 Å². The number of nitrogens with zero attached hydrogens (tertiary/aromatic N) is 1. The summed E-state index contributed by atoms with van der Waals surface area (Å²) in [5.74, 6) is -0.207. The van der Waals surface area contributed by atoms with Gasteiger partial charge in [0.1, 0.15) is 6.61 Å². The van der Waals surface area contributed by atoms with Crippen LogP contribution in [0.1, 0.15) is 107 Å². The summed E-state index contributed by atoms with van der Waals surface area (Å²) in [5, 5.41) is 0. The van der Waals surface area contributed by atoms with Gasteiger partial charge in [-0.2, -0.15) is 0 Å². The van der Waals surface area contributed by atoms with Crippen LogP contribution < -0.4 is 0 Å². The smallest absolute Gasteiger partial charge is 0.338 e. The quantitative estimate of drug-likeness (QED) is 0.195. The zero-order valence-electron chi connectivity index (χ0n) is 19.4. The maximum Gasteiger partial charge on any atom is 0.338 e. The SMILES string of the molecule is CCCCCCCCCCCCCCCC(=O)N(C)CCOC(=O)c1ccccc1. The molecule has 0 aliphatic rings. The van der Waals surface area contributed by atoms with Crippen molar-refractivity contribution in [3.63, 3.8) is 0 Å². The van der Waals surface area contributed by atoms with Crippen LogP contribution in [0.4, 0.5) is 0 Å². The minimum absolute atomic E-state index is 0.133. The maximum absolute atomic E-state index is 12.2. The highest BCUT2D eigenvalue weighted by Gasteiger charge is 2.10. The van der Waals surface area contributed by atoms with Crippen molar-refractivity contribution < 1.29 is 14.3 Å². The Morgan fingerprint density at radius 1 is 0.767 bits per heavy atom. The third-order valence-electron chi connectivity index (χ3n) is 5.59. The Bertz CT molecular complexity index is 559. The normalized spacial score (nSPS) is 10.7. The van der Waals surface area contributed by atoms with Crippen LogP contribution in [0.2, 0.25) is 0 Å². The highest BCUT2D eigenvalue weighted by atomic mass is 16.5. The van der Waals surface area contributed by atoms with Crippen molar-refractivity contribution in [2.75, 3.05) is 20.2 Å². The maximum atomic E-state index is 12.2. The van der Waals surface area contributed by atoms with Crippen molar-refractivity contribution in [2.45, 2.75) is 96.8 Å². The molecule has 0 aromatic heterocycles.